The van der Waals surface area contributed by atoms with Crippen molar-refractivity contribution in [1.82, 2.24) is 4.98 Å². The number of aromatic amines is 1. The van der Waals surface area contributed by atoms with Crippen LogP contribution in [0.3, 0.4) is 0 Å². The molecule has 4 aromatic rings. The molecule has 5 rings (SSSR count). The highest BCUT2D eigenvalue weighted by molar-refractivity contribution is 7.84. The molecule has 0 unspecified atom stereocenters. The molecule has 0 amide bonds. The lowest BCUT2D eigenvalue weighted by Crippen LogP contribution is -2.58. The van der Waals surface area contributed by atoms with Gasteiger partial charge in [-0.25, -0.2) is 22.2 Å². The summed E-state index contributed by atoms with van der Waals surface area (Å²) in [6.07, 6.45) is 4.31. The van der Waals surface area contributed by atoms with Gasteiger partial charge in [0.1, 0.15) is 11.6 Å². The summed E-state index contributed by atoms with van der Waals surface area (Å²) >= 11 is 6.08. The average Bonchev–Trinajstić information content (AvgIpc) is 3.33. The molecule has 0 fully saturated rings. The number of nitrogens with one attached hydrogen (secondary N) is 2. The van der Waals surface area contributed by atoms with E-state index in [0.29, 0.717) is 11.3 Å². The Morgan fingerprint density at radius 1 is 1.00 bits per heavy atom. The van der Waals surface area contributed by atoms with Gasteiger partial charge in [-0.2, -0.15) is 0 Å². The van der Waals surface area contributed by atoms with E-state index in [1.165, 1.54) is 24.3 Å². The smallest absolute Gasteiger partial charge is 0.211 e. The number of hydrogen-bond acceptors (Lipinski definition) is 3. The van der Waals surface area contributed by atoms with Gasteiger partial charge in [0.25, 0.3) is 0 Å². The van der Waals surface area contributed by atoms with Crippen molar-refractivity contribution in [2.24, 2.45) is 0 Å². The minimum atomic E-state index is -3.92. The van der Waals surface area contributed by atoms with Gasteiger partial charge in [-0.3, -0.25) is 0 Å². The Morgan fingerprint density at radius 2 is 1.64 bits per heavy atom. The Balaban J connectivity index is 0.000000471. The lowest BCUT2D eigenvalue weighted by Gasteiger charge is -2.11. The molecule has 1 aromatic heterocycles. The van der Waals surface area contributed by atoms with Crippen LogP contribution in [0.15, 0.2) is 66.9 Å². The van der Waals surface area contributed by atoms with Crippen LogP contribution in [0.5, 0.6) is 0 Å². The Morgan fingerprint density at radius 3 is 2.33 bits per heavy atom. The van der Waals surface area contributed by atoms with Crippen molar-refractivity contribution in [3.8, 4) is 0 Å². The maximum absolute atomic E-state index is 14.0. The van der Waals surface area contributed by atoms with Gasteiger partial charge >= 0.3 is 0 Å². The average molecular weight is 487 g/mol. The molecule has 0 bridgehead atoms. The summed E-state index contributed by atoms with van der Waals surface area (Å²) in [5.74, 6) is -0.623. The van der Waals surface area contributed by atoms with Gasteiger partial charge in [0, 0.05) is 45.6 Å². The fourth-order valence-corrected chi connectivity index (χ4v) is 3.80. The fourth-order valence-electron chi connectivity index (χ4n) is 3.67. The molecule has 0 saturated heterocycles. The Labute approximate surface area is 193 Å². The first-order valence-electron chi connectivity index (χ1n) is 9.68. The SMILES string of the molecule is CS(=O)(=O)[O-].Fc1ccc2c(c1)C(=C(c1ccc(Cl)cc1)c1c[nH]c3ccc(F)cc13)C=[NH+]2. The van der Waals surface area contributed by atoms with Gasteiger partial charge in [0.2, 0.25) is 5.69 Å². The summed E-state index contributed by atoms with van der Waals surface area (Å²) in [5, 5.41) is 1.38. The number of fused-ring (bicyclic) bond motifs is 2. The first-order valence-corrected chi connectivity index (χ1v) is 11.9. The second-order valence-electron chi connectivity index (χ2n) is 7.37. The van der Waals surface area contributed by atoms with Crippen LogP contribution in [0.1, 0.15) is 16.7 Å². The Bertz CT molecular complexity index is 1520. The van der Waals surface area contributed by atoms with E-state index in [-0.39, 0.29) is 11.6 Å². The minimum Gasteiger partial charge on any atom is -0.748 e. The summed E-state index contributed by atoms with van der Waals surface area (Å²) in [7, 11) is -3.92. The maximum atomic E-state index is 14.0. The third-order valence-electron chi connectivity index (χ3n) is 4.96. The molecule has 0 saturated carbocycles. The number of rotatable bonds is 2. The first-order chi connectivity index (χ1) is 15.6. The topological polar surface area (TPSA) is 87.0 Å². The molecule has 5 nitrogen and oxygen atoms in total. The molecule has 1 aliphatic rings. The third-order valence-corrected chi connectivity index (χ3v) is 5.21. The van der Waals surface area contributed by atoms with Gasteiger partial charge < -0.3 is 9.54 Å². The zero-order chi connectivity index (χ0) is 23.8. The van der Waals surface area contributed by atoms with E-state index in [9.17, 15) is 8.78 Å². The van der Waals surface area contributed by atoms with Crippen LogP contribution >= 0.6 is 11.6 Å². The molecular weight excluding hydrogens is 470 g/mol. The summed E-state index contributed by atoms with van der Waals surface area (Å²) in [5.41, 5.74) is 5.85. The number of aromatic nitrogens is 1. The van der Waals surface area contributed by atoms with Crippen molar-refractivity contribution >= 4 is 55.7 Å². The Hall–Kier alpha value is -3.33. The molecule has 2 heterocycles. The molecule has 0 spiro atoms. The summed E-state index contributed by atoms with van der Waals surface area (Å²) in [4.78, 5) is 6.40. The van der Waals surface area contributed by atoms with Crippen molar-refractivity contribution in [2.45, 2.75) is 0 Å². The normalized spacial score (nSPS) is 14.1. The number of hydrogen-bond donors (Lipinski definition) is 2. The molecule has 2 N–H and O–H groups in total. The van der Waals surface area contributed by atoms with Gasteiger partial charge in [-0.1, -0.05) is 23.7 Å². The molecule has 33 heavy (non-hydrogen) atoms. The van der Waals surface area contributed by atoms with Crippen LogP contribution in [0.2, 0.25) is 5.02 Å². The van der Waals surface area contributed by atoms with Crippen molar-refractivity contribution < 1.29 is 26.7 Å². The highest BCUT2D eigenvalue weighted by Gasteiger charge is 2.25. The second-order valence-corrected chi connectivity index (χ2v) is 9.22. The first kappa shape index (κ1) is 22.8. The fraction of sp³-hybridized carbons (Fsp3) is 0.0417. The van der Waals surface area contributed by atoms with Gasteiger partial charge in [0.15, 0.2) is 6.21 Å². The highest BCUT2D eigenvalue weighted by atomic mass is 35.5. The van der Waals surface area contributed by atoms with Crippen molar-refractivity contribution in [3.05, 3.63) is 100 Å². The van der Waals surface area contributed by atoms with E-state index in [1.54, 1.807) is 12.1 Å². The van der Waals surface area contributed by atoms with Crippen molar-refractivity contribution in [3.63, 3.8) is 0 Å². The van der Waals surface area contributed by atoms with E-state index in [2.05, 4.69) is 9.98 Å². The number of benzene rings is 3. The summed E-state index contributed by atoms with van der Waals surface area (Å²) in [6, 6.07) is 16.7. The van der Waals surface area contributed by atoms with Gasteiger partial charge in [-0.15, -0.1) is 0 Å². The summed E-state index contributed by atoms with van der Waals surface area (Å²) < 4.78 is 55.2. The van der Waals surface area contributed by atoms with Crippen LogP contribution in [0.4, 0.5) is 14.5 Å². The quantitative estimate of drug-likeness (QED) is 0.420. The molecule has 168 valence electrons. The van der Waals surface area contributed by atoms with Crippen LogP contribution in [-0.4, -0.2) is 30.4 Å². The van der Waals surface area contributed by atoms with Gasteiger partial charge in [-0.05, 0) is 48.0 Å². The number of H-pyrrole nitrogens is 1. The van der Waals surface area contributed by atoms with Crippen LogP contribution < -0.4 is 4.99 Å². The van der Waals surface area contributed by atoms with E-state index < -0.39 is 10.1 Å². The molecule has 0 atom stereocenters. The predicted molar refractivity (Wildman–Crippen MR) is 124 cm³/mol. The highest BCUT2D eigenvalue weighted by Crippen LogP contribution is 2.38. The number of halogens is 3. The van der Waals surface area contributed by atoms with E-state index in [1.807, 2.05) is 36.7 Å². The molecule has 3 aromatic carbocycles. The van der Waals surface area contributed by atoms with Crippen molar-refractivity contribution in [2.75, 3.05) is 6.26 Å². The molecule has 1 aliphatic heterocycles. The lowest BCUT2D eigenvalue weighted by molar-refractivity contribution is -0.342. The van der Waals surface area contributed by atoms with Crippen LogP contribution in [0, 0.1) is 11.6 Å². The third kappa shape index (κ3) is 5.19. The largest absolute Gasteiger partial charge is 0.748 e. The zero-order valence-electron chi connectivity index (χ0n) is 17.2. The van der Waals surface area contributed by atoms with Crippen LogP contribution in [0.25, 0.3) is 22.0 Å². The van der Waals surface area contributed by atoms with Crippen molar-refractivity contribution in [1.29, 1.82) is 0 Å². The zero-order valence-corrected chi connectivity index (χ0v) is 18.8. The molecular formula is C24H17ClF2N2O3S. The standard InChI is InChI=1S/C23H13ClF2N2.CH4O3S/c24-14-3-1-13(2-4-14)23(19-11-27-21-7-5-15(25)9-17(19)21)20-12-28-22-8-6-16(26)10-18(20)22;1-5(2,3)4/h1-12,27H;1H3,(H,2,3,4). The monoisotopic (exact) mass is 486 g/mol. The number of allylic oxidation sites excluding steroid dienone is 1. The van der Waals surface area contributed by atoms with E-state index in [4.69, 9.17) is 24.6 Å². The lowest BCUT2D eigenvalue weighted by atomic mass is 9.90. The minimum absolute atomic E-state index is 0.311. The molecule has 0 aliphatic carbocycles. The van der Waals surface area contributed by atoms with E-state index in [0.717, 1.165) is 44.4 Å². The van der Waals surface area contributed by atoms with Crippen LogP contribution in [-0.2, 0) is 10.1 Å². The molecule has 9 heteroatoms. The van der Waals surface area contributed by atoms with Gasteiger partial charge in [0.05, 0.1) is 21.3 Å². The molecule has 0 radical (unpaired) electrons. The predicted octanol–water partition coefficient (Wildman–Crippen LogP) is 4.02. The maximum Gasteiger partial charge on any atom is 0.211 e. The second kappa shape index (κ2) is 8.90. The Kier molecular flexibility index (Phi) is 6.16. The summed E-state index contributed by atoms with van der Waals surface area (Å²) in [6.45, 7) is 0. The van der Waals surface area contributed by atoms with E-state index >= 15 is 0 Å².